The number of nitrogens with zero attached hydrogens (tertiary/aromatic N) is 3. The fourth-order valence-electron chi connectivity index (χ4n) is 2.25. The van der Waals surface area contributed by atoms with Crippen LogP contribution in [0.3, 0.4) is 0 Å². The Morgan fingerprint density at radius 1 is 1.18 bits per heavy atom. The van der Waals surface area contributed by atoms with E-state index < -0.39 is 0 Å². The van der Waals surface area contributed by atoms with Crippen molar-refractivity contribution >= 4 is 35.1 Å². The average molecular weight is 320 g/mol. The monoisotopic (exact) mass is 319 g/mol. The molecule has 8 heteroatoms. The maximum absolute atomic E-state index is 5.67. The predicted molar refractivity (Wildman–Crippen MR) is 90.9 cm³/mol. The number of rotatable bonds is 5. The summed E-state index contributed by atoms with van der Waals surface area (Å²) in [6.07, 6.45) is 6.20. The van der Waals surface area contributed by atoms with E-state index in [-0.39, 0.29) is 18.4 Å². The summed E-state index contributed by atoms with van der Waals surface area (Å²) in [5.41, 5.74) is 14.7. The number of nitrogens with two attached hydrogens (primary N) is 2. The Balaban J connectivity index is 0.00000176. The van der Waals surface area contributed by atoms with Crippen molar-refractivity contribution in [3.63, 3.8) is 0 Å². The molecule has 6 N–H and O–H groups in total. The summed E-state index contributed by atoms with van der Waals surface area (Å²) < 4.78 is 0. The molecule has 3 aromatic heterocycles. The number of pyridine rings is 1. The normalized spacial score (nSPS) is 10.4. The molecule has 3 rings (SSSR count). The van der Waals surface area contributed by atoms with E-state index in [1.165, 1.54) is 0 Å². The first-order valence-electron chi connectivity index (χ1n) is 6.78. The minimum absolute atomic E-state index is 0. The van der Waals surface area contributed by atoms with E-state index in [9.17, 15) is 0 Å². The molecule has 0 aromatic carbocycles. The predicted octanol–water partition coefficient (Wildman–Crippen LogP) is 1.78. The van der Waals surface area contributed by atoms with Gasteiger partial charge in [-0.1, -0.05) is 0 Å². The molecule has 7 nitrogen and oxygen atoms in total. The lowest BCUT2D eigenvalue weighted by Crippen LogP contribution is -2.08. The minimum Gasteiger partial charge on any atom is -0.384 e. The maximum atomic E-state index is 5.67. The van der Waals surface area contributed by atoms with Crippen molar-refractivity contribution in [2.45, 2.75) is 6.42 Å². The van der Waals surface area contributed by atoms with Crippen LogP contribution in [0.2, 0.25) is 0 Å². The van der Waals surface area contributed by atoms with Crippen LogP contribution < -0.4 is 16.8 Å². The molecule has 0 spiro atoms. The first-order chi connectivity index (χ1) is 10.3. The molecule has 0 aliphatic heterocycles. The summed E-state index contributed by atoms with van der Waals surface area (Å²) in [4.78, 5) is 15.7. The highest BCUT2D eigenvalue weighted by atomic mass is 35.5. The van der Waals surface area contributed by atoms with Crippen LogP contribution in [0.1, 0.15) is 6.42 Å². The molecule has 0 atom stereocenters. The van der Waals surface area contributed by atoms with Gasteiger partial charge in [-0.15, -0.1) is 12.4 Å². The number of hydrogen-bond acceptors (Lipinski definition) is 6. The molecule has 0 saturated carbocycles. The van der Waals surface area contributed by atoms with Gasteiger partial charge >= 0.3 is 0 Å². The third-order valence-electron chi connectivity index (χ3n) is 3.22. The van der Waals surface area contributed by atoms with Crippen LogP contribution in [0.15, 0.2) is 30.7 Å². The molecule has 3 heterocycles. The molecule has 0 amide bonds. The van der Waals surface area contributed by atoms with Crippen LogP contribution in [0.5, 0.6) is 0 Å². The summed E-state index contributed by atoms with van der Waals surface area (Å²) in [6.45, 7) is 1.47. The van der Waals surface area contributed by atoms with Gasteiger partial charge < -0.3 is 21.8 Å². The summed E-state index contributed by atoms with van der Waals surface area (Å²) in [5.74, 6) is 0.253. The van der Waals surface area contributed by atoms with E-state index in [1.807, 2.05) is 18.3 Å². The van der Waals surface area contributed by atoms with Crippen molar-refractivity contribution in [2.75, 3.05) is 24.1 Å². The van der Waals surface area contributed by atoms with Gasteiger partial charge in [-0.3, -0.25) is 0 Å². The number of nitrogen functional groups attached to an aromatic ring is 1. The van der Waals surface area contributed by atoms with Gasteiger partial charge in [-0.25, -0.2) is 15.0 Å². The topological polar surface area (TPSA) is 119 Å². The first kappa shape index (κ1) is 16.0. The van der Waals surface area contributed by atoms with Crippen molar-refractivity contribution in [3.8, 4) is 11.3 Å². The number of halogens is 1. The summed E-state index contributed by atoms with van der Waals surface area (Å²) in [6, 6.07) is 3.77. The van der Waals surface area contributed by atoms with E-state index in [0.717, 1.165) is 40.9 Å². The summed E-state index contributed by atoms with van der Waals surface area (Å²) >= 11 is 0. The Labute approximate surface area is 134 Å². The summed E-state index contributed by atoms with van der Waals surface area (Å²) in [7, 11) is 0. The lowest BCUT2D eigenvalue weighted by molar-refractivity contribution is 0.875. The lowest BCUT2D eigenvalue weighted by atomic mass is 10.1. The Morgan fingerprint density at radius 3 is 2.77 bits per heavy atom. The zero-order chi connectivity index (χ0) is 14.7. The Morgan fingerprint density at radius 2 is 2.00 bits per heavy atom. The van der Waals surface area contributed by atoms with Crippen molar-refractivity contribution in [1.82, 2.24) is 19.9 Å². The minimum atomic E-state index is 0. The highest BCUT2D eigenvalue weighted by Crippen LogP contribution is 2.31. The molecule has 116 valence electrons. The third-order valence-corrected chi connectivity index (χ3v) is 3.22. The SMILES string of the molecule is Cl.NCCCNc1ccnc2[nH]cc(-c3ccnc(N)n3)c12. The largest absolute Gasteiger partial charge is 0.384 e. The number of H-pyrrole nitrogens is 1. The number of aromatic nitrogens is 4. The van der Waals surface area contributed by atoms with E-state index in [1.54, 1.807) is 12.4 Å². The van der Waals surface area contributed by atoms with Crippen LogP contribution in [-0.2, 0) is 0 Å². The maximum Gasteiger partial charge on any atom is 0.220 e. The Bertz CT molecular complexity index is 756. The van der Waals surface area contributed by atoms with Crippen molar-refractivity contribution in [1.29, 1.82) is 0 Å². The number of hydrogen-bond donors (Lipinski definition) is 4. The fourth-order valence-corrected chi connectivity index (χ4v) is 2.25. The molecule has 3 aromatic rings. The van der Waals surface area contributed by atoms with Crippen LogP contribution >= 0.6 is 12.4 Å². The second kappa shape index (κ2) is 7.06. The number of nitrogens with one attached hydrogen (secondary N) is 2. The average Bonchev–Trinajstić information content (AvgIpc) is 2.92. The second-order valence-corrected chi connectivity index (χ2v) is 4.65. The molecular formula is C14H18ClN7. The van der Waals surface area contributed by atoms with Crippen LogP contribution in [0.25, 0.3) is 22.3 Å². The number of anilines is 2. The van der Waals surface area contributed by atoms with Gasteiger partial charge in [0.15, 0.2) is 0 Å². The standard InChI is InChI=1S/C14H17N7.ClH/c15-4-1-5-17-11-3-6-18-13-12(11)9(8-20-13)10-2-7-19-14(16)21-10;/h2-3,6-8H,1,4-5,15H2,(H2,16,19,21)(H2,17,18,20);1H. The van der Waals surface area contributed by atoms with Crippen LogP contribution in [-0.4, -0.2) is 33.0 Å². The molecule has 0 saturated heterocycles. The van der Waals surface area contributed by atoms with Gasteiger partial charge in [0.25, 0.3) is 0 Å². The quantitative estimate of drug-likeness (QED) is 0.532. The Kier molecular flexibility index (Phi) is 5.13. The zero-order valence-electron chi connectivity index (χ0n) is 11.9. The second-order valence-electron chi connectivity index (χ2n) is 4.65. The van der Waals surface area contributed by atoms with Gasteiger partial charge in [-0.05, 0) is 25.1 Å². The van der Waals surface area contributed by atoms with Crippen molar-refractivity contribution in [3.05, 3.63) is 30.7 Å². The highest BCUT2D eigenvalue weighted by molar-refractivity contribution is 6.01. The van der Waals surface area contributed by atoms with Crippen molar-refractivity contribution in [2.24, 2.45) is 5.73 Å². The van der Waals surface area contributed by atoms with E-state index >= 15 is 0 Å². The smallest absolute Gasteiger partial charge is 0.220 e. The highest BCUT2D eigenvalue weighted by Gasteiger charge is 2.12. The lowest BCUT2D eigenvalue weighted by Gasteiger charge is -2.08. The third kappa shape index (κ3) is 3.10. The first-order valence-corrected chi connectivity index (χ1v) is 6.78. The number of aromatic amines is 1. The van der Waals surface area contributed by atoms with E-state index in [2.05, 4.69) is 25.3 Å². The fraction of sp³-hybridized carbons (Fsp3) is 0.214. The molecular weight excluding hydrogens is 302 g/mol. The molecule has 0 unspecified atom stereocenters. The molecule has 0 bridgehead atoms. The van der Waals surface area contributed by atoms with Gasteiger partial charge in [0.05, 0.1) is 11.1 Å². The zero-order valence-corrected chi connectivity index (χ0v) is 12.7. The summed E-state index contributed by atoms with van der Waals surface area (Å²) in [5, 5.41) is 4.38. The number of fused-ring (bicyclic) bond motifs is 1. The van der Waals surface area contributed by atoms with Gasteiger partial charge in [0, 0.05) is 36.4 Å². The van der Waals surface area contributed by atoms with E-state index in [0.29, 0.717) is 6.54 Å². The van der Waals surface area contributed by atoms with Crippen molar-refractivity contribution < 1.29 is 0 Å². The van der Waals surface area contributed by atoms with Crippen LogP contribution in [0, 0.1) is 0 Å². The molecule has 0 radical (unpaired) electrons. The van der Waals surface area contributed by atoms with Crippen LogP contribution in [0.4, 0.5) is 11.6 Å². The van der Waals surface area contributed by atoms with Gasteiger partial charge in [0.1, 0.15) is 5.65 Å². The van der Waals surface area contributed by atoms with E-state index in [4.69, 9.17) is 11.5 Å². The molecule has 22 heavy (non-hydrogen) atoms. The van der Waals surface area contributed by atoms with Gasteiger partial charge in [-0.2, -0.15) is 0 Å². The molecule has 0 aliphatic rings. The Hall–Kier alpha value is -2.38. The van der Waals surface area contributed by atoms with Gasteiger partial charge in [0.2, 0.25) is 5.95 Å². The molecule has 0 fully saturated rings. The molecule has 0 aliphatic carbocycles.